The summed E-state index contributed by atoms with van der Waals surface area (Å²) < 4.78 is 148. The Morgan fingerprint density at radius 3 is 1.30 bits per heavy atom. The molecular formula is C7H3ClF12. The van der Waals surface area contributed by atoms with Crippen molar-refractivity contribution in [2.24, 2.45) is 0 Å². The summed E-state index contributed by atoms with van der Waals surface area (Å²) >= 11 is 3.90. The van der Waals surface area contributed by atoms with Gasteiger partial charge in [0, 0.05) is 0 Å². The van der Waals surface area contributed by atoms with E-state index in [2.05, 4.69) is 11.6 Å². The van der Waals surface area contributed by atoms with Gasteiger partial charge in [0.25, 0.3) is 5.13 Å². The molecule has 0 spiro atoms. The van der Waals surface area contributed by atoms with Crippen LogP contribution in [0, 0.1) is 0 Å². The summed E-state index contributed by atoms with van der Waals surface area (Å²) in [7, 11) is 0. The van der Waals surface area contributed by atoms with Crippen LogP contribution in [0.4, 0.5) is 52.7 Å². The highest BCUT2D eigenvalue weighted by Gasteiger charge is 2.87. The average molecular weight is 351 g/mol. The van der Waals surface area contributed by atoms with Gasteiger partial charge in [-0.2, -0.15) is 35.1 Å². The maximum Gasteiger partial charge on any atom is 0.384 e. The zero-order chi connectivity index (χ0) is 16.8. The Morgan fingerprint density at radius 1 is 0.700 bits per heavy atom. The molecule has 0 saturated heterocycles. The van der Waals surface area contributed by atoms with E-state index in [1.54, 1.807) is 0 Å². The van der Waals surface area contributed by atoms with Crippen molar-refractivity contribution in [3.05, 3.63) is 0 Å². The van der Waals surface area contributed by atoms with Crippen molar-refractivity contribution in [2.45, 2.75) is 35.2 Å². The van der Waals surface area contributed by atoms with Gasteiger partial charge in [-0.3, -0.25) is 0 Å². The van der Waals surface area contributed by atoms with Gasteiger partial charge in [0.2, 0.25) is 0 Å². The quantitative estimate of drug-likeness (QED) is 0.482. The van der Waals surface area contributed by atoms with E-state index in [-0.39, 0.29) is 0 Å². The molecule has 0 aliphatic carbocycles. The van der Waals surface area contributed by atoms with Crippen LogP contribution in [0.1, 0.15) is 0 Å². The molecule has 0 rings (SSSR count). The molecule has 0 aromatic heterocycles. The Hall–Kier alpha value is -0.550. The molecule has 1 atom stereocenters. The van der Waals surface area contributed by atoms with Crippen LogP contribution >= 0.6 is 11.6 Å². The van der Waals surface area contributed by atoms with Crippen LogP contribution in [0.5, 0.6) is 0 Å². The molecule has 20 heavy (non-hydrogen) atoms. The molecule has 0 N–H and O–H groups in total. The van der Waals surface area contributed by atoms with Crippen LogP contribution in [-0.2, 0) is 0 Å². The second kappa shape index (κ2) is 5.02. The smallest absolute Gasteiger partial charge is 0.246 e. The molecule has 0 saturated carbocycles. The summed E-state index contributed by atoms with van der Waals surface area (Å²) in [6.07, 6.45) is -5.48. The first-order chi connectivity index (χ1) is 8.50. The highest BCUT2D eigenvalue weighted by molar-refractivity contribution is 6.23. The standard InChI is InChI=1S/C7H3ClF12/c8-3(12,1-9)5(15,16)7(19,20)6(17,18)4(13,14)2(10)11/h2H,1H2. The molecule has 0 fully saturated rings. The third-order valence-corrected chi connectivity index (χ3v) is 2.45. The van der Waals surface area contributed by atoms with E-state index in [0.717, 1.165) is 0 Å². The topological polar surface area (TPSA) is 0 Å². The summed E-state index contributed by atoms with van der Waals surface area (Å²) in [5, 5.41) is -5.50. The van der Waals surface area contributed by atoms with Gasteiger partial charge in [0.15, 0.2) is 0 Å². The van der Waals surface area contributed by atoms with Gasteiger partial charge >= 0.3 is 30.1 Å². The first kappa shape index (κ1) is 19.4. The molecule has 1 unspecified atom stereocenters. The molecule has 0 aliphatic heterocycles. The van der Waals surface area contributed by atoms with Crippen LogP contribution in [0.3, 0.4) is 0 Å². The Bertz CT molecular complexity index is 348. The summed E-state index contributed by atoms with van der Waals surface area (Å²) in [6, 6.07) is 0. The van der Waals surface area contributed by atoms with Crippen LogP contribution in [0.2, 0.25) is 0 Å². The van der Waals surface area contributed by atoms with Crippen molar-refractivity contribution in [3.63, 3.8) is 0 Å². The first-order valence-corrected chi connectivity index (χ1v) is 4.61. The van der Waals surface area contributed by atoms with E-state index < -0.39 is 41.9 Å². The van der Waals surface area contributed by atoms with Crippen molar-refractivity contribution in [3.8, 4) is 0 Å². The van der Waals surface area contributed by atoms with Gasteiger partial charge in [0.1, 0.15) is 6.67 Å². The number of halogens is 13. The predicted molar refractivity (Wildman–Crippen MR) is 41.5 cm³/mol. The average Bonchev–Trinajstić information content (AvgIpc) is 2.27. The van der Waals surface area contributed by atoms with Crippen LogP contribution in [-0.4, -0.2) is 41.9 Å². The third-order valence-electron chi connectivity index (χ3n) is 2.11. The maximum atomic E-state index is 12.7. The zero-order valence-electron chi connectivity index (χ0n) is 8.70. The van der Waals surface area contributed by atoms with Crippen molar-refractivity contribution in [2.75, 3.05) is 6.67 Å². The van der Waals surface area contributed by atoms with E-state index >= 15 is 0 Å². The van der Waals surface area contributed by atoms with Gasteiger partial charge in [-0.1, -0.05) is 11.6 Å². The normalized spacial score (nSPS) is 18.3. The Balaban J connectivity index is 5.98. The lowest BCUT2D eigenvalue weighted by Gasteiger charge is -2.39. The van der Waals surface area contributed by atoms with Gasteiger partial charge in [-0.05, 0) is 0 Å². The monoisotopic (exact) mass is 350 g/mol. The zero-order valence-corrected chi connectivity index (χ0v) is 9.45. The fraction of sp³-hybridized carbons (Fsp3) is 1.00. The molecule has 0 aromatic rings. The molecule has 0 bridgehead atoms. The lowest BCUT2D eigenvalue weighted by Crippen LogP contribution is -2.68. The summed E-state index contributed by atoms with van der Waals surface area (Å²) in [5.74, 6) is -28.6. The molecule has 122 valence electrons. The Kier molecular flexibility index (Phi) is 4.88. The van der Waals surface area contributed by atoms with Crippen LogP contribution in [0.25, 0.3) is 0 Å². The predicted octanol–water partition coefficient (Wildman–Crippen LogP) is 4.67. The van der Waals surface area contributed by atoms with Crippen molar-refractivity contribution < 1.29 is 52.7 Å². The second-order valence-corrected chi connectivity index (χ2v) is 4.08. The molecule has 0 amide bonds. The van der Waals surface area contributed by atoms with Crippen molar-refractivity contribution >= 4 is 11.6 Å². The number of alkyl halides is 13. The highest BCUT2D eigenvalue weighted by Crippen LogP contribution is 2.58. The summed E-state index contributed by atoms with van der Waals surface area (Å²) in [6.45, 7) is -3.17. The molecule has 0 heterocycles. The number of rotatable bonds is 6. The van der Waals surface area contributed by atoms with Crippen LogP contribution < -0.4 is 0 Å². The van der Waals surface area contributed by atoms with E-state index in [9.17, 15) is 52.7 Å². The van der Waals surface area contributed by atoms with E-state index in [1.807, 2.05) is 0 Å². The highest BCUT2D eigenvalue weighted by atomic mass is 35.5. The third kappa shape index (κ3) is 2.39. The lowest BCUT2D eigenvalue weighted by molar-refractivity contribution is -0.394. The molecule has 0 aliphatic rings. The second-order valence-electron chi connectivity index (χ2n) is 3.48. The lowest BCUT2D eigenvalue weighted by atomic mass is 9.96. The minimum atomic E-state index is -7.40. The first-order valence-electron chi connectivity index (χ1n) is 4.24. The molecule has 0 aromatic carbocycles. The van der Waals surface area contributed by atoms with E-state index in [4.69, 9.17) is 0 Å². The minimum absolute atomic E-state index is 3.17. The molecule has 13 heteroatoms. The van der Waals surface area contributed by atoms with Gasteiger partial charge in [0.05, 0.1) is 0 Å². The molecule has 0 nitrogen and oxygen atoms in total. The van der Waals surface area contributed by atoms with Gasteiger partial charge < -0.3 is 0 Å². The van der Waals surface area contributed by atoms with Gasteiger partial charge in [-0.25, -0.2) is 17.6 Å². The van der Waals surface area contributed by atoms with Crippen LogP contribution in [0.15, 0.2) is 0 Å². The van der Waals surface area contributed by atoms with Crippen molar-refractivity contribution in [1.29, 1.82) is 0 Å². The fourth-order valence-electron chi connectivity index (χ4n) is 0.857. The van der Waals surface area contributed by atoms with Crippen molar-refractivity contribution in [1.82, 2.24) is 0 Å². The van der Waals surface area contributed by atoms with E-state index in [0.29, 0.717) is 0 Å². The molecular weight excluding hydrogens is 348 g/mol. The summed E-state index contributed by atoms with van der Waals surface area (Å²) in [5.41, 5.74) is 0. The largest absolute Gasteiger partial charge is 0.384 e. The maximum absolute atomic E-state index is 12.7. The minimum Gasteiger partial charge on any atom is -0.246 e. The Morgan fingerprint density at radius 2 is 1.05 bits per heavy atom. The molecule has 0 radical (unpaired) electrons. The number of hydrogen-bond acceptors (Lipinski definition) is 0. The number of hydrogen-bond donors (Lipinski definition) is 0. The summed E-state index contributed by atoms with van der Waals surface area (Å²) in [4.78, 5) is 0. The Labute approximate surface area is 107 Å². The SMILES string of the molecule is FCC(F)(Cl)C(F)(F)C(F)(F)C(F)(F)C(F)(F)C(F)F. The fourth-order valence-corrected chi connectivity index (χ4v) is 0.976. The van der Waals surface area contributed by atoms with Gasteiger partial charge in [-0.15, -0.1) is 0 Å². The van der Waals surface area contributed by atoms with E-state index in [1.165, 1.54) is 0 Å².